The predicted octanol–water partition coefficient (Wildman–Crippen LogP) is 4.99. The van der Waals surface area contributed by atoms with Gasteiger partial charge in [0.25, 0.3) is 0 Å². The minimum atomic E-state index is -0.364. The fraction of sp³-hybridized carbons (Fsp3) is 0.333. The van der Waals surface area contributed by atoms with Gasteiger partial charge in [0.05, 0.1) is 5.02 Å². The van der Waals surface area contributed by atoms with Crippen molar-refractivity contribution in [1.29, 1.82) is 0 Å². The number of halogens is 2. The third-order valence-corrected chi connectivity index (χ3v) is 4.11. The molecule has 0 aliphatic carbocycles. The van der Waals surface area contributed by atoms with Gasteiger partial charge >= 0.3 is 0 Å². The van der Waals surface area contributed by atoms with E-state index in [1.54, 1.807) is 6.07 Å². The quantitative estimate of drug-likeness (QED) is 0.820. The van der Waals surface area contributed by atoms with E-state index in [1.807, 2.05) is 6.07 Å². The van der Waals surface area contributed by atoms with E-state index in [-0.39, 0.29) is 16.9 Å². The van der Waals surface area contributed by atoms with Crippen LogP contribution in [-0.4, -0.2) is 6.54 Å². The van der Waals surface area contributed by atoms with Crippen LogP contribution in [0, 0.1) is 19.7 Å². The summed E-state index contributed by atoms with van der Waals surface area (Å²) in [5.41, 5.74) is 4.75. The van der Waals surface area contributed by atoms with Gasteiger partial charge in [-0.25, -0.2) is 4.39 Å². The van der Waals surface area contributed by atoms with Crippen LogP contribution in [0.3, 0.4) is 0 Å². The maximum atomic E-state index is 13.7. The molecule has 2 aromatic rings. The molecule has 2 rings (SSSR count). The van der Waals surface area contributed by atoms with E-state index in [0.29, 0.717) is 0 Å². The number of hydrogen-bond acceptors (Lipinski definition) is 1. The summed E-state index contributed by atoms with van der Waals surface area (Å²) < 4.78 is 13.7. The number of rotatable bonds is 5. The summed E-state index contributed by atoms with van der Waals surface area (Å²) >= 11 is 5.77. The van der Waals surface area contributed by atoms with Crippen LogP contribution in [0.25, 0.3) is 0 Å². The first-order chi connectivity index (χ1) is 10.0. The first-order valence-electron chi connectivity index (χ1n) is 7.25. The predicted molar refractivity (Wildman–Crippen MR) is 87.4 cm³/mol. The second-order valence-corrected chi connectivity index (χ2v) is 5.81. The van der Waals surface area contributed by atoms with Gasteiger partial charge in [-0.3, -0.25) is 0 Å². The summed E-state index contributed by atoms with van der Waals surface area (Å²) in [7, 11) is 0. The molecule has 21 heavy (non-hydrogen) atoms. The summed E-state index contributed by atoms with van der Waals surface area (Å²) in [4.78, 5) is 0. The largest absolute Gasteiger partial charge is 0.310 e. The zero-order chi connectivity index (χ0) is 15.4. The van der Waals surface area contributed by atoms with Gasteiger partial charge in [-0.2, -0.15) is 0 Å². The van der Waals surface area contributed by atoms with Crippen LogP contribution in [0.2, 0.25) is 5.02 Å². The Bertz CT molecular complexity index is 625. The molecule has 0 spiro atoms. The van der Waals surface area contributed by atoms with Crippen molar-refractivity contribution in [2.75, 3.05) is 6.54 Å². The lowest BCUT2D eigenvalue weighted by atomic mass is 9.96. The van der Waals surface area contributed by atoms with Crippen molar-refractivity contribution >= 4 is 11.6 Å². The molecule has 3 heteroatoms. The molecule has 0 aliphatic rings. The Labute approximate surface area is 131 Å². The monoisotopic (exact) mass is 305 g/mol. The average Bonchev–Trinajstić information content (AvgIpc) is 2.45. The number of aryl methyl sites for hydroxylation is 2. The lowest BCUT2D eigenvalue weighted by Gasteiger charge is -2.19. The Morgan fingerprint density at radius 2 is 1.86 bits per heavy atom. The normalized spacial score (nSPS) is 12.4. The van der Waals surface area contributed by atoms with Crippen molar-refractivity contribution in [3.8, 4) is 0 Å². The summed E-state index contributed by atoms with van der Waals surface area (Å²) in [6.45, 7) is 7.11. The Morgan fingerprint density at radius 3 is 2.48 bits per heavy atom. The molecule has 1 nitrogen and oxygen atoms in total. The molecular formula is C18H21ClFN. The SMILES string of the molecule is CCNC(Cc1ccc(C)c(C)c1)c1ccc(Cl)c(F)c1. The molecule has 0 saturated carbocycles. The highest BCUT2D eigenvalue weighted by Crippen LogP contribution is 2.24. The fourth-order valence-electron chi connectivity index (χ4n) is 2.45. The van der Waals surface area contributed by atoms with Crippen LogP contribution in [0.1, 0.15) is 35.2 Å². The van der Waals surface area contributed by atoms with E-state index in [1.165, 1.54) is 22.8 Å². The van der Waals surface area contributed by atoms with Crippen molar-refractivity contribution in [3.05, 3.63) is 69.5 Å². The van der Waals surface area contributed by atoms with Crippen LogP contribution in [0.5, 0.6) is 0 Å². The third kappa shape index (κ3) is 4.05. The van der Waals surface area contributed by atoms with Crippen LogP contribution in [-0.2, 0) is 6.42 Å². The summed E-state index contributed by atoms with van der Waals surface area (Å²) in [5.74, 6) is -0.364. The van der Waals surface area contributed by atoms with Gasteiger partial charge in [0.15, 0.2) is 0 Å². The molecule has 0 saturated heterocycles. The average molecular weight is 306 g/mol. The van der Waals surface area contributed by atoms with Crippen molar-refractivity contribution in [3.63, 3.8) is 0 Å². The Hall–Kier alpha value is -1.38. The maximum Gasteiger partial charge on any atom is 0.142 e. The molecular weight excluding hydrogens is 285 g/mol. The Balaban J connectivity index is 2.25. The van der Waals surface area contributed by atoms with Gasteiger partial charge in [-0.05, 0) is 61.2 Å². The number of likely N-dealkylation sites (N-methyl/N-ethyl adjacent to an activating group) is 1. The highest BCUT2D eigenvalue weighted by atomic mass is 35.5. The van der Waals surface area contributed by atoms with Crippen LogP contribution in [0.4, 0.5) is 4.39 Å². The molecule has 0 aliphatic heterocycles. The Kier molecular flexibility index (Phi) is 5.38. The van der Waals surface area contributed by atoms with Gasteiger partial charge in [-0.15, -0.1) is 0 Å². The number of nitrogens with one attached hydrogen (secondary N) is 1. The van der Waals surface area contributed by atoms with Crippen LogP contribution < -0.4 is 5.32 Å². The van der Waals surface area contributed by atoms with Gasteiger partial charge in [0.1, 0.15) is 5.82 Å². The van der Waals surface area contributed by atoms with Crippen LogP contribution >= 0.6 is 11.6 Å². The zero-order valence-corrected chi connectivity index (χ0v) is 13.5. The highest BCUT2D eigenvalue weighted by Gasteiger charge is 2.13. The topological polar surface area (TPSA) is 12.0 Å². The van der Waals surface area contributed by atoms with E-state index in [0.717, 1.165) is 18.5 Å². The van der Waals surface area contributed by atoms with Crippen molar-refractivity contribution in [1.82, 2.24) is 5.32 Å². The summed E-state index contributed by atoms with van der Waals surface area (Å²) in [6, 6.07) is 11.6. The van der Waals surface area contributed by atoms with Gasteiger partial charge in [0.2, 0.25) is 0 Å². The van der Waals surface area contributed by atoms with Gasteiger partial charge in [-0.1, -0.05) is 42.8 Å². The first kappa shape index (κ1) is 16.0. The Morgan fingerprint density at radius 1 is 1.10 bits per heavy atom. The molecule has 2 aromatic carbocycles. The highest BCUT2D eigenvalue weighted by molar-refractivity contribution is 6.30. The first-order valence-corrected chi connectivity index (χ1v) is 7.63. The molecule has 1 unspecified atom stereocenters. The lowest BCUT2D eigenvalue weighted by molar-refractivity contribution is 0.542. The molecule has 0 amide bonds. The van der Waals surface area contributed by atoms with Gasteiger partial charge in [0, 0.05) is 6.04 Å². The number of hydrogen-bond donors (Lipinski definition) is 1. The number of benzene rings is 2. The minimum absolute atomic E-state index is 0.0869. The summed E-state index contributed by atoms with van der Waals surface area (Å²) in [5, 5.41) is 3.59. The summed E-state index contributed by atoms with van der Waals surface area (Å²) in [6.07, 6.45) is 0.829. The molecule has 1 N–H and O–H groups in total. The van der Waals surface area contributed by atoms with E-state index < -0.39 is 0 Å². The van der Waals surface area contributed by atoms with Crippen molar-refractivity contribution in [2.45, 2.75) is 33.2 Å². The molecule has 0 aromatic heterocycles. The van der Waals surface area contributed by atoms with Crippen LogP contribution in [0.15, 0.2) is 36.4 Å². The van der Waals surface area contributed by atoms with Crippen molar-refractivity contribution in [2.24, 2.45) is 0 Å². The zero-order valence-electron chi connectivity index (χ0n) is 12.7. The fourth-order valence-corrected chi connectivity index (χ4v) is 2.57. The second-order valence-electron chi connectivity index (χ2n) is 5.41. The van der Waals surface area contributed by atoms with E-state index in [9.17, 15) is 4.39 Å². The van der Waals surface area contributed by atoms with E-state index in [2.05, 4.69) is 44.3 Å². The van der Waals surface area contributed by atoms with Gasteiger partial charge < -0.3 is 5.32 Å². The van der Waals surface area contributed by atoms with Crippen molar-refractivity contribution < 1.29 is 4.39 Å². The molecule has 1 atom stereocenters. The second kappa shape index (κ2) is 7.06. The molecule has 0 bridgehead atoms. The molecule has 0 heterocycles. The van der Waals surface area contributed by atoms with E-state index >= 15 is 0 Å². The molecule has 0 fully saturated rings. The molecule has 0 radical (unpaired) electrons. The minimum Gasteiger partial charge on any atom is -0.310 e. The lowest BCUT2D eigenvalue weighted by Crippen LogP contribution is -2.23. The maximum absolute atomic E-state index is 13.7. The smallest absolute Gasteiger partial charge is 0.142 e. The molecule has 112 valence electrons. The third-order valence-electron chi connectivity index (χ3n) is 3.81. The standard InChI is InChI=1S/C18H21ClFN/c1-4-21-18(15-7-8-16(19)17(20)11-15)10-14-6-5-12(2)13(3)9-14/h5-9,11,18,21H,4,10H2,1-3H3. The van der Waals surface area contributed by atoms with E-state index in [4.69, 9.17) is 11.6 Å².